The number of aliphatic hydroxyl groups is 1. The van der Waals surface area contributed by atoms with Gasteiger partial charge in [0, 0.05) is 31.0 Å². The van der Waals surface area contributed by atoms with Gasteiger partial charge in [0.05, 0.1) is 0 Å². The maximum absolute atomic E-state index is 12.0. The average Bonchev–Trinajstić information content (AvgIpc) is 3.00. The normalized spacial score (nSPS) is 19.4. The standard InChI is InChI=1S/C14H21NO2S/c16-9-7-12-6-8-15(11-12)14(17)5-1-3-13-4-2-10-18-13/h2,4,10,12,16H,1,3,5-9,11H2. The molecule has 100 valence electrons. The number of hydrogen-bond acceptors (Lipinski definition) is 3. The average molecular weight is 267 g/mol. The van der Waals surface area contributed by atoms with Gasteiger partial charge in [-0.25, -0.2) is 0 Å². The van der Waals surface area contributed by atoms with Crippen LogP contribution >= 0.6 is 11.3 Å². The van der Waals surface area contributed by atoms with E-state index in [0.717, 1.165) is 38.8 Å². The zero-order chi connectivity index (χ0) is 12.8. The van der Waals surface area contributed by atoms with Crippen LogP contribution in [0, 0.1) is 5.92 Å². The van der Waals surface area contributed by atoms with Gasteiger partial charge >= 0.3 is 0 Å². The lowest BCUT2D eigenvalue weighted by molar-refractivity contribution is -0.130. The summed E-state index contributed by atoms with van der Waals surface area (Å²) in [7, 11) is 0. The second-order valence-corrected chi connectivity index (χ2v) is 5.97. The van der Waals surface area contributed by atoms with Crippen molar-refractivity contribution >= 4 is 17.2 Å². The van der Waals surface area contributed by atoms with Gasteiger partial charge in [0.25, 0.3) is 0 Å². The van der Waals surface area contributed by atoms with Crippen molar-refractivity contribution in [3.05, 3.63) is 22.4 Å². The molecule has 1 atom stereocenters. The van der Waals surface area contributed by atoms with Crippen molar-refractivity contribution in [1.29, 1.82) is 0 Å². The van der Waals surface area contributed by atoms with Gasteiger partial charge in [0.15, 0.2) is 0 Å². The van der Waals surface area contributed by atoms with E-state index in [1.54, 1.807) is 11.3 Å². The summed E-state index contributed by atoms with van der Waals surface area (Å²) in [6.07, 6.45) is 4.50. The Balaban J connectivity index is 1.66. The molecule has 0 bridgehead atoms. The van der Waals surface area contributed by atoms with Gasteiger partial charge in [0.2, 0.25) is 5.91 Å². The molecule has 0 aromatic carbocycles. The second kappa shape index (κ2) is 6.90. The van der Waals surface area contributed by atoms with E-state index < -0.39 is 0 Å². The Morgan fingerprint density at radius 1 is 1.56 bits per heavy atom. The molecule has 1 N–H and O–H groups in total. The summed E-state index contributed by atoms with van der Waals surface area (Å²) in [5.74, 6) is 0.795. The van der Waals surface area contributed by atoms with Crippen molar-refractivity contribution in [3.8, 4) is 0 Å². The zero-order valence-corrected chi connectivity index (χ0v) is 11.5. The third kappa shape index (κ3) is 3.82. The minimum absolute atomic E-state index is 0.241. The van der Waals surface area contributed by atoms with Crippen LogP contribution < -0.4 is 0 Å². The van der Waals surface area contributed by atoms with E-state index in [1.165, 1.54) is 4.88 Å². The number of aryl methyl sites for hydroxylation is 1. The highest BCUT2D eigenvalue weighted by molar-refractivity contribution is 7.09. The summed E-state index contributed by atoms with van der Waals surface area (Å²) in [4.78, 5) is 15.3. The van der Waals surface area contributed by atoms with E-state index in [2.05, 4.69) is 17.5 Å². The Kier molecular flexibility index (Phi) is 5.20. The molecule has 1 aromatic rings. The summed E-state index contributed by atoms with van der Waals surface area (Å²) < 4.78 is 0. The van der Waals surface area contributed by atoms with Crippen LogP contribution in [0.1, 0.15) is 30.6 Å². The minimum Gasteiger partial charge on any atom is -0.396 e. The molecule has 18 heavy (non-hydrogen) atoms. The van der Waals surface area contributed by atoms with Crippen LogP contribution in [-0.4, -0.2) is 35.6 Å². The van der Waals surface area contributed by atoms with Crippen LogP contribution in [0.25, 0.3) is 0 Å². The summed E-state index contributed by atoms with van der Waals surface area (Å²) in [6.45, 7) is 1.96. The predicted molar refractivity (Wildman–Crippen MR) is 73.6 cm³/mol. The molecule has 0 spiro atoms. The van der Waals surface area contributed by atoms with E-state index >= 15 is 0 Å². The fourth-order valence-corrected chi connectivity index (χ4v) is 3.26. The lowest BCUT2D eigenvalue weighted by Crippen LogP contribution is -2.28. The quantitative estimate of drug-likeness (QED) is 0.859. The Bertz CT molecular complexity index is 364. The summed E-state index contributed by atoms with van der Waals surface area (Å²) in [5.41, 5.74) is 0. The number of amides is 1. The van der Waals surface area contributed by atoms with Gasteiger partial charge in [-0.3, -0.25) is 4.79 Å². The first-order chi connectivity index (χ1) is 8.79. The first-order valence-corrected chi connectivity index (χ1v) is 7.58. The Morgan fingerprint density at radius 2 is 2.44 bits per heavy atom. The number of nitrogens with zero attached hydrogens (tertiary/aromatic N) is 1. The third-order valence-electron chi connectivity index (χ3n) is 3.57. The summed E-state index contributed by atoms with van der Waals surface area (Å²) >= 11 is 1.76. The Labute approximate surface area is 112 Å². The lowest BCUT2D eigenvalue weighted by Gasteiger charge is -2.16. The van der Waals surface area contributed by atoms with Crippen molar-refractivity contribution in [2.75, 3.05) is 19.7 Å². The predicted octanol–water partition coefficient (Wildman–Crippen LogP) is 2.30. The minimum atomic E-state index is 0.241. The third-order valence-corrected chi connectivity index (χ3v) is 4.51. The molecular formula is C14H21NO2S. The molecule has 2 rings (SSSR count). The van der Waals surface area contributed by atoms with Crippen LogP contribution in [0.15, 0.2) is 17.5 Å². The first kappa shape index (κ1) is 13.6. The number of carbonyl (C=O) groups is 1. The molecule has 1 aliphatic heterocycles. The van der Waals surface area contributed by atoms with Crippen LogP contribution in [0.5, 0.6) is 0 Å². The van der Waals surface area contributed by atoms with Crippen LogP contribution in [0.4, 0.5) is 0 Å². The number of aliphatic hydroxyl groups excluding tert-OH is 1. The molecule has 0 radical (unpaired) electrons. The number of likely N-dealkylation sites (tertiary alicyclic amines) is 1. The van der Waals surface area contributed by atoms with Crippen molar-refractivity contribution in [1.82, 2.24) is 4.90 Å². The fourth-order valence-electron chi connectivity index (χ4n) is 2.50. The van der Waals surface area contributed by atoms with E-state index in [1.807, 2.05) is 4.90 Å². The molecule has 1 aromatic heterocycles. The van der Waals surface area contributed by atoms with Crippen LogP contribution in [0.3, 0.4) is 0 Å². The smallest absolute Gasteiger partial charge is 0.222 e. The maximum Gasteiger partial charge on any atom is 0.222 e. The van der Waals surface area contributed by atoms with Gasteiger partial charge in [-0.2, -0.15) is 0 Å². The number of rotatable bonds is 6. The van der Waals surface area contributed by atoms with E-state index in [4.69, 9.17) is 5.11 Å². The Morgan fingerprint density at radius 3 is 3.17 bits per heavy atom. The number of hydrogen-bond donors (Lipinski definition) is 1. The molecule has 4 heteroatoms. The SMILES string of the molecule is O=C(CCCc1cccs1)N1CCC(CCO)C1. The molecule has 1 unspecified atom stereocenters. The zero-order valence-electron chi connectivity index (χ0n) is 10.7. The second-order valence-electron chi connectivity index (χ2n) is 4.94. The molecule has 2 heterocycles. The molecule has 0 saturated carbocycles. The largest absolute Gasteiger partial charge is 0.396 e. The van der Waals surface area contributed by atoms with E-state index in [-0.39, 0.29) is 12.5 Å². The fraction of sp³-hybridized carbons (Fsp3) is 0.643. The topological polar surface area (TPSA) is 40.5 Å². The first-order valence-electron chi connectivity index (χ1n) is 6.70. The van der Waals surface area contributed by atoms with Crippen LogP contribution in [-0.2, 0) is 11.2 Å². The van der Waals surface area contributed by atoms with Crippen molar-refractivity contribution in [2.24, 2.45) is 5.92 Å². The molecule has 1 saturated heterocycles. The highest BCUT2D eigenvalue weighted by atomic mass is 32.1. The molecule has 0 aliphatic carbocycles. The van der Waals surface area contributed by atoms with Crippen LogP contribution in [0.2, 0.25) is 0 Å². The highest BCUT2D eigenvalue weighted by Gasteiger charge is 2.25. The van der Waals surface area contributed by atoms with Gasteiger partial charge in [-0.15, -0.1) is 11.3 Å². The van der Waals surface area contributed by atoms with Gasteiger partial charge in [-0.1, -0.05) is 6.07 Å². The Hall–Kier alpha value is -0.870. The lowest BCUT2D eigenvalue weighted by atomic mass is 10.1. The molecule has 3 nitrogen and oxygen atoms in total. The monoisotopic (exact) mass is 267 g/mol. The maximum atomic E-state index is 12.0. The van der Waals surface area contributed by atoms with Crippen molar-refractivity contribution < 1.29 is 9.90 Å². The van der Waals surface area contributed by atoms with Gasteiger partial charge in [-0.05, 0) is 43.0 Å². The van der Waals surface area contributed by atoms with Gasteiger partial charge < -0.3 is 10.0 Å². The van der Waals surface area contributed by atoms with Crippen molar-refractivity contribution in [2.45, 2.75) is 32.1 Å². The summed E-state index contributed by atoms with van der Waals surface area (Å²) in [6, 6.07) is 4.18. The van der Waals surface area contributed by atoms with E-state index in [9.17, 15) is 4.79 Å². The van der Waals surface area contributed by atoms with E-state index in [0.29, 0.717) is 12.3 Å². The molecular weight excluding hydrogens is 246 g/mol. The van der Waals surface area contributed by atoms with Gasteiger partial charge in [0.1, 0.15) is 0 Å². The highest BCUT2D eigenvalue weighted by Crippen LogP contribution is 2.20. The molecule has 1 amide bonds. The van der Waals surface area contributed by atoms with Crippen molar-refractivity contribution in [3.63, 3.8) is 0 Å². The number of thiophene rings is 1. The summed E-state index contributed by atoms with van der Waals surface area (Å²) in [5, 5.41) is 11.0. The molecule has 1 fully saturated rings. The molecule has 1 aliphatic rings. The number of carbonyl (C=O) groups excluding carboxylic acids is 1.